The summed E-state index contributed by atoms with van der Waals surface area (Å²) < 4.78 is 10.1. The molecule has 1 rings (SSSR count). The third-order valence-corrected chi connectivity index (χ3v) is 2.53. The highest BCUT2D eigenvalue weighted by molar-refractivity contribution is 5.98. The van der Waals surface area contributed by atoms with Crippen LogP contribution in [0, 0.1) is 12.3 Å². The van der Waals surface area contributed by atoms with Crippen molar-refractivity contribution < 1.29 is 24.2 Å². The molecule has 0 aliphatic heterocycles. The van der Waals surface area contributed by atoms with Crippen molar-refractivity contribution in [2.24, 2.45) is 0 Å². The van der Waals surface area contributed by atoms with Crippen LogP contribution in [0.15, 0.2) is 18.2 Å². The van der Waals surface area contributed by atoms with Crippen LogP contribution in [-0.2, 0) is 4.79 Å². The maximum Gasteiger partial charge on any atom is 0.323 e. The van der Waals surface area contributed by atoms with E-state index in [1.807, 2.05) is 0 Å². The molecule has 1 N–H and O–H groups in total. The normalized spacial score (nSPS) is 9.45. The van der Waals surface area contributed by atoms with E-state index in [4.69, 9.17) is 21.0 Å². The van der Waals surface area contributed by atoms with Gasteiger partial charge in [-0.3, -0.25) is 9.59 Å². The zero-order chi connectivity index (χ0) is 15.1. The van der Waals surface area contributed by atoms with Crippen molar-refractivity contribution in [3.05, 3.63) is 23.8 Å². The molecule has 0 bridgehead atoms. The Morgan fingerprint density at radius 3 is 2.55 bits per heavy atom. The summed E-state index contributed by atoms with van der Waals surface area (Å²) in [5.41, 5.74) is 0.227. The zero-order valence-electron chi connectivity index (χ0n) is 11.3. The van der Waals surface area contributed by atoms with E-state index in [1.165, 1.54) is 20.3 Å². The van der Waals surface area contributed by atoms with Crippen molar-refractivity contribution in [2.75, 3.05) is 27.3 Å². The van der Waals surface area contributed by atoms with Gasteiger partial charge in [-0.25, -0.2) is 0 Å². The first kappa shape index (κ1) is 15.4. The maximum atomic E-state index is 12.3. The molecule has 0 saturated heterocycles. The van der Waals surface area contributed by atoms with Gasteiger partial charge in [-0.1, -0.05) is 5.92 Å². The van der Waals surface area contributed by atoms with Gasteiger partial charge in [-0.2, -0.15) is 0 Å². The predicted molar refractivity (Wildman–Crippen MR) is 71.9 cm³/mol. The van der Waals surface area contributed by atoms with E-state index in [9.17, 15) is 9.59 Å². The Kier molecular flexibility index (Phi) is 5.42. The number of hydrogen-bond acceptors (Lipinski definition) is 4. The van der Waals surface area contributed by atoms with Crippen LogP contribution in [0.4, 0.5) is 0 Å². The first-order chi connectivity index (χ1) is 9.53. The number of hydrogen-bond donors (Lipinski definition) is 1. The van der Waals surface area contributed by atoms with Crippen molar-refractivity contribution >= 4 is 11.9 Å². The second-order valence-electron chi connectivity index (χ2n) is 3.83. The standard InChI is InChI=1S/C14H15NO5/c1-4-7-15(9-13(16)17)14(18)11-6-5-10(19-2)8-12(11)20-3/h1,5-6,8H,7,9H2,2-3H3,(H,16,17). The number of methoxy groups -OCH3 is 2. The number of nitrogens with zero attached hydrogens (tertiary/aromatic N) is 1. The molecule has 20 heavy (non-hydrogen) atoms. The fourth-order valence-electron chi connectivity index (χ4n) is 1.62. The van der Waals surface area contributed by atoms with Crippen LogP contribution in [0.5, 0.6) is 11.5 Å². The summed E-state index contributed by atoms with van der Waals surface area (Å²) in [7, 11) is 2.90. The summed E-state index contributed by atoms with van der Waals surface area (Å²) in [6.07, 6.45) is 5.15. The number of carboxylic acids is 1. The van der Waals surface area contributed by atoms with E-state index in [0.717, 1.165) is 4.90 Å². The first-order valence-electron chi connectivity index (χ1n) is 5.70. The highest BCUT2D eigenvalue weighted by atomic mass is 16.5. The molecule has 0 spiro atoms. The third-order valence-electron chi connectivity index (χ3n) is 2.53. The lowest BCUT2D eigenvalue weighted by Gasteiger charge is -2.19. The second kappa shape index (κ2) is 7.04. The molecule has 0 aliphatic carbocycles. The van der Waals surface area contributed by atoms with Crippen LogP contribution in [-0.4, -0.2) is 49.2 Å². The Hall–Kier alpha value is -2.68. The number of carboxylic acid groups (broad SMARTS) is 1. The summed E-state index contributed by atoms with van der Waals surface area (Å²) in [6, 6.07) is 4.64. The lowest BCUT2D eigenvalue weighted by molar-refractivity contribution is -0.137. The number of carbonyl (C=O) groups excluding carboxylic acids is 1. The minimum absolute atomic E-state index is 0.0969. The molecule has 1 amide bonds. The lowest BCUT2D eigenvalue weighted by Crippen LogP contribution is -2.36. The van der Waals surface area contributed by atoms with Gasteiger partial charge in [0.2, 0.25) is 0 Å². The fraction of sp³-hybridized carbons (Fsp3) is 0.286. The number of amides is 1. The number of ether oxygens (including phenoxy) is 2. The molecular weight excluding hydrogens is 262 g/mol. The Morgan fingerprint density at radius 1 is 1.35 bits per heavy atom. The lowest BCUT2D eigenvalue weighted by atomic mass is 10.1. The summed E-state index contributed by atoms with van der Waals surface area (Å²) >= 11 is 0. The molecule has 0 heterocycles. The van der Waals surface area contributed by atoms with Crippen molar-refractivity contribution in [1.82, 2.24) is 4.90 Å². The molecule has 0 aliphatic rings. The zero-order valence-corrected chi connectivity index (χ0v) is 11.3. The molecule has 0 saturated carbocycles. The monoisotopic (exact) mass is 277 g/mol. The van der Waals surface area contributed by atoms with Gasteiger partial charge in [0.1, 0.15) is 18.0 Å². The quantitative estimate of drug-likeness (QED) is 0.781. The number of rotatable bonds is 6. The van der Waals surface area contributed by atoms with E-state index in [1.54, 1.807) is 12.1 Å². The van der Waals surface area contributed by atoms with Crippen LogP contribution in [0.2, 0.25) is 0 Å². The largest absolute Gasteiger partial charge is 0.497 e. The SMILES string of the molecule is C#CCN(CC(=O)O)C(=O)c1ccc(OC)cc1OC. The van der Waals surface area contributed by atoms with Crippen LogP contribution in [0.25, 0.3) is 0 Å². The van der Waals surface area contributed by atoms with E-state index in [-0.39, 0.29) is 12.1 Å². The molecule has 0 radical (unpaired) electrons. The van der Waals surface area contributed by atoms with Crippen molar-refractivity contribution in [3.8, 4) is 23.8 Å². The molecule has 6 heteroatoms. The summed E-state index contributed by atoms with van der Waals surface area (Å²) in [5.74, 6) is 1.43. The molecule has 0 atom stereocenters. The van der Waals surface area contributed by atoms with Crippen molar-refractivity contribution in [2.45, 2.75) is 0 Å². The van der Waals surface area contributed by atoms with E-state index in [2.05, 4.69) is 5.92 Å². The average Bonchev–Trinajstić information content (AvgIpc) is 2.44. The molecule has 1 aromatic rings. The number of carbonyl (C=O) groups is 2. The van der Waals surface area contributed by atoms with Gasteiger partial charge in [0.25, 0.3) is 5.91 Å². The number of benzene rings is 1. The second-order valence-corrected chi connectivity index (χ2v) is 3.83. The molecule has 6 nitrogen and oxygen atoms in total. The van der Waals surface area contributed by atoms with Gasteiger partial charge in [0.05, 0.1) is 26.3 Å². The first-order valence-corrected chi connectivity index (χ1v) is 5.70. The number of terminal acetylenes is 1. The van der Waals surface area contributed by atoms with Gasteiger partial charge in [-0.15, -0.1) is 6.42 Å². The van der Waals surface area contributed by atoms with E-state index >= 15 is 0 Å². The highest BCUT2D eigenvalue weighted by Gasteiger charge is 2.21. The maximum absolute atomic E-state index is 12.3. The van der Waals surface area contributed by atoms with E-state index in [0.29, 0.717) is 11.5 Å². The minimum Gasteiger partial charge on any atom is -0.497 e. The van der Waals surface area contributed by atoms with Crippen LogP contribution < -0.4 is 9.47 Å². The van der Waals surface area contributed by atoms with Gasteiger partial charge in [0.15, 0.2) is 0 Å². The topological polar surface area (TPSA) is 76.1 Å². The van der Waals surface area contributed by atoms with Crippen LogP contribution in [0.1, 0.15) is 10.4 Å². The summed E-state index contributed by atoms with van der Waals surface area (Å²) in [5, 5.41) is 8.80. The van der Waals surface area contributed by atoms with Crippen molar-refractivity contribution in [1.29, 1.82) is 0 Å². The van der Waals surface area contributed by atoms with Gasteiger partial charge < -0.3 is 19.5 Å². The molecule has 1 aromatic carbocycles. The Bertz CT molecular complexity index is 547. The van der Waals surface area contributed by atoms with Gasteiger partial charge >= 0.3 is 5.97 Å². The van der Waals surface area contributed by atoms with E-state index < -0.39 is 18.4 Å². The Labute approximate surface area is 116 Å². The minimum atomic E-state index is -1.14. The molecule has 0 fully saturated rings. The smallest absolute Gasteiger partial charge is 0.323 e. The molecule has 106 valence electrons. The Morgan fingerprint density at radius 2 is 2.05 bits per heavy atom. The van der Waals surface area contributed by atoms with Crippen molar-refractivity contribution in [3.63, 3.8) is 0 Å². The molecular formula is C14H15NO5. The number of aliphatic carboxylic acids is 1. The van der Waals surface area contributed by atoms with Crippen LogP contribution >= 0.6 is 0 Å². The fourth-order valence-corrected chi connectivity index (χ4v) is 1.62. The molecule has 0 aromatic heterocycles. The van der Waals surface area contributed by atoms with Gasteiger partial charge in [0, 0.05) is 6.07 Å². The van der Waals surface area contributed by atoms with Crippen LogP contribution in [0.3, 0.4) is 0 Å². The predicted octanol–water partition coefficient (Wildman–Crippen LogP) is 0.864. The Balaban J connectivity index is 3.11. The van der Waals surface area contributed by atoms with Gasteiger partial charge in [-0.05, 0) is 12.1 Å². The highest BCUT2D eigenvalue weighted by Crippen LogP contribution is 2.25. The molecule has 0 unspecified atom stereocenters. The summed E-state index contributed by atoms with van der Waals surface area (Å²) in [4.78, 5) is 24.1. The third kappa shape index (κ3) is 3.65. The summed E-state index contributed by atoms with van der Waals surface area (Å²) in [6.45, 7) is -0.571. The average molecular weight is 277 g/mol.